The average Bonchev–Trinajstić information content (AvgIpc) is 2.44. The monoisotopic (exact) mass is 330 g/mol. The van der Waals surface area contributed by atoms with E-state index in [1.165, 1.54) is 0 Å². The van der Waals surface area contributed by atoms with Crippen LogP contribution in [-0.4, -0.2) is 18.8 Å². The zero-order valence-electron chi connectivity index (χ0n) is 13.7. The SMILES string of the molecule is C=C(Cl)C12CC3CC(C1)C(F)(OC(C)OCCCC)C(C3)C2. The number of alkyl halides is 1. The van der Waals surface area contributed by atoms with Gasteiger partial charge in [-0.1, -0.05) is 31.5 Å². The van der Waals surface area contributed by atoms with Crippen molar-refractivity contribution in [1.82, 2.24) is 0 Å². The maximum atomic E-state index is 15.7. The fourth-order valence-electron chi connectivity index (χ4n) is 5.12. The van der Waals surface area contributed by atoms with Crippen molar-refractivity contribution in [2.24, 2.45) is 23.2 Å². The lowest BCUT2D eigenvalue weighted by molar-refractivity contribution is -0.336. The number of hydrogen-bond acceptors (Lipinski definition) is 2. The third-order valence-electron chi connectivity index (χ3n) is 6.08. The van der Waals surface area contributed by atoms with Crippen LogP contribution in [0.15, 0.2) is 11.6 Å². The Balaban J connectivity index is 1.69. The molecule has 0 aromatic heterocycles. The van der Waals surface area contributed by atoms with Crippen LogP contribution >= 0.6 is 11.6 Å². The third-order valence-corrected chi connectivity index (χ3v) is 6.48. The molecule has 4 bridgehead atoms. The van der Waals surface area contributed by atoms with Crippen LogP contribution in [0.5, 0.6) is 0 Å². The smallest absolute Gasteiger partial charge is 0.217 e. The van der Waals surface area contributed by atoms with Gasteiger partial charge in [0.2, 0.25) is 5.85 Å². The first kappa shape index (κ1) is 16.7. The van der Waals surface area contributed by atoms with Crippen LogP contribution in [0.3, 0.4) is 0 Å². The summed E-state index contributed by atoms with van der Waals surface area (Å²) in [6.07, 6.45) is 6.05. The second kappa shape index (κ2) is 6.07. The number of rotatable bonds is 7. The van der Waals surface area contributed by atoms with Crippen LogP contribution in [-0.2, 0) is 9.47 Å². The molecule has 4 heteroatoms. The molecule has 3 atom stereocenters. The van der Waals surface area contributed by atoms with Crippen LogP contribution in [0.25, 0.3) is 0 Å². The van der Waals surface area contributed by atoms with Gasteiger partial charge in [0.25, 0.3) is 0 Å². The van der Waals surface area contributed by atoms with Crippen molar-refractivity contribution in [2.75, 3.05) is 6.61 Å². The minimum atomic E-state index is -1.54. The number of unbranched alkanes of at least 4 members (excludes halogenated alkanes) is 1. The van der Waals surface area contributed by atoms with E-state index in [-0.39, 0.29) is 17.3 Å². The molecule has 0 aromatic carbocycles. The maximum Gasteiger partial charge on any atom is 0.217 e. The summed E-state index contributed by atoms with van der Waals surface area (Å²) in [6.45, 7) is 8.54. The summed E-state index contributed by atoms with van der Waals surface area (Å²) >= 11 is 6.30. The summed E-state index contributed by atoms with van der Waals surface area (Å²) in [5, 5.41) is 0.723. The normalized spacial score (nSPS) is 44.3. The number of ether oxygens (including phenoxy) is 2. The van der Waals surface area contributed by atoms with E-state index in [0.717, 1.165) is 50.0 Å². The molecule has 0 spiro atoms. The van der Waals surface area contributed by atoms with Crippen LogP contribution in [0.4, 0.5) is 4.39 Å². The van der Waals surface area contributed by atoms with Gasteiger partial charge in [0, 0.05) is 28.9 Å². The molecule has 4 aliphatic carbocycles. The Morgan fingerprint density at radius 2 is 1.95 bits per heavy atom. The van der Waals surface area contributed by atoms with Crippen LogP contribution < -0.4 is 0 Å². The molecule has 4 rings (SSSR count). The highest BCUT2D eigenvalue weighted by Crippen LogP contribution is 2.67. The van der Waals surface area contributed by atoms with Crippen molar-refractivity contribution in [3.63, 3.8) is 0 Å². The van der Waals surface area contributed by atoms with E-state index in [4.69, 9.17) is 21.1 Å². The molecule has 0 saturated heterocycles. The lowest BCUT2D eigenvalue weighted by atomic mass is 9.47. The Kier molecular flexibility index (Phi) is 4.61. The van der Waals surface area contributed by atoms with Gasteiger partial charge in [-0.15, -0.1) is 0 Å². The molecule has 4 aliphatic rings. The van der Waals surface area contributed by atoms with Crippen LogP contribution in [0.2, 0.25) is 0 Å². The van der Waals surface area contributed by atoms with Crippen LogP contribution in [0, 0.1) is 23.2 Å². The highest BCUT2D eigenvalue weighted by Gasteiger charge is 2.64. The van der Waals surface area contributed by atoms with Crippen molar-refractivity contribution in [3.05, 3.63) is 11.6 Å². The van der Waals surface area contributed by atoms with Crippen molar-refractivity contribution in [3.8, 4) is 0 Å². The topological polar surface area (TPSA) is 18.5 Å². The van der Waals surface area contributed by atoms with Gasteiger partial charge in [-0.05, 0) is 51.4 Å². The number of hydrogen-bond donors (Lipinski definition) is 0. The summed E-state index contributed by atoms with van der Waals surface area (Å²) in [4.78, 5) is 0. The lowest BCUT2D eigenvalue weighted by Crippen LogP contribution is -2.61. The fraction of sp³-hybridized carbons (Fsp3) is 0.889. The van der Waals surface area contributed by atoms with E-state index in [1.807, 2.05) is 6.92 Å². The van der Waals surface area contributed by atoms with Crippen molar-refractivity contribution in [2.45, 2.75) is 70.9 Å². The van der Waals surface area contributed by atoms with Gasteiger partial charge in [-0.3, -0.25) is 0 Å². The van der Waals surface area contributed by atoms with E-state index in [2.05, 4.69) is 13.5 Å². The molecule has 126 valence electrons. The quantitative estimate of drug-likeness (QED) is 0.459. The van der Waals surface area contributed by atoms with Crippen molar-refractivity contribution in [1.29, 1.82) is 0 Å². The Morgan fingerprint density at radius 1 is 1.32 bits per heavy atom. The molecule has 3 unspecified atom stereocenters. The molecular weight excluding hydrogens is 303 g/mol. The molecular formula is C18H28ClFO2. The molecule has 0 N–H and O–H groups in total. The summed E-state index contributed by atoms with van der Waals surface area (Å²) < 4.78 is 27.1. The van der Waals surface area contributed by atoms with Gasteiger partial charge in [0.15, 0.2) is 6.29 Å². The Hall–Kier alpha value is -0.120. The molecule has 0 amide bonds. The van der Waals surface area contributed by atoms with E-state index >= 15 is 4.39 Å². The van der Waals surface area contributed by atoms with E-state index in [9.17, 15) is 0 Å². The highest BCUT2D eigenvalue weighted by molar-refractivity contribution is 6.30. The molecule has 0 heterocycles. The Labute approximate surface area is 138 Å². The zero-order chi connectivity index (χ0) is 16.0. The van der Waals surface area contributed by atoms with Crippen LogP contribution in [0.1, 0.15) is 58.8 Å². The second-order valence-electron chi connectivity index (χ2n) is 7.64. The Bertz CT molecular complexity index is 423. The average molecular weight is 331 g/mol. The standard InChI is InChI=1S/C18H28ClFO2/c1-4-5-6-21-13(3)22-18(20)15-7-14-8-16(18)11-17(9-14,10-15)12(2)19/h13-16H,2,4-11H2,1,3H3. The van der Waals surface area contributed by atoms with E-state index in [0.29, 0.717) is 12.5 Å². The molecule has 4 saturated carbocycles. The predicted molar refractivity (Wildman–Crippen MR) is 86.2 cm³/mol. The van der Waals surface area contributed by atoms with Crippen molar-refractivity contribution >= 4 is 11.6 Å². The summed E-state index contributed by atoms with van der Waals surface area (Å²) in [5.74, 6) is -1.09. The first-order valence-corrected chi connectivity index (χ1v) is 9.10. The van der Waals surface area contributed by atoms with E-state index in [1.54, 1.807) is 0 Å². The van der Waals surface area contributed by atoms with Crippen molar-refractivity contribution < 1.29 is 13.9 Å². The number of allylic oxidation sites excluding steroid dienone is 1. The maximum absolute atomic E-state index is 15.7. The summed E-state index contributed by atoms with van der Waals surface area (Å²) in [6, 6.07) is 0. The molecule has 0 aliphatic heterocycles. The first-order valence-electron chi connectivity index (χ1n) is 8.73. The number of halogens is 2. The molecule has 0 radical (unpaired) electrons. The lowest BCUT2D eigenvalue weighted by Gasteiger charge is -2.62. The van der Waals surface area contributed by atoms with E-state index < -0.39 is 12.1 Å². The molecule has 0 aromatic rings. The second-order valence-corrected chi connectivity index (χ2v) is 8.09. The zero-order valence-corrected chi connectivity index (χ0v) is 14.5. The van der Waals surface area contributed by atoms with Gasteiger partial charge < -0.3 is 9.47 Å². The predicted octanol–water partition coefficient (Wildman–Crippen LogP) is 5.41. The Morgan fingerprint density at radius 3 is 2.50 bits per heavy atom. The first-order chi connectivity index (χ1) is 10.4. The van der Waals surface area contributed by atoms with Gasteiger partial charge in [-0.25, -0.2) is 4.39 Å². The molecule has 22 heavy (non-hydrogen) atoms. The largest absolute Gasteiger partial charge is 0.353 e. The molecule has 2 nitrogen and oxygen atoms in total. The molecule has 4 fully saturated rings. The minimum absolute atomic E-state index is 0.0523. The van der Waals surface area contributed by atoms with Gasteiger partial charge in [0.1, 0.15) is 0 Å². The third kappa shape index (κ3) is 2.74. The van der Waals surface area contributed by atoms with Gasteiger partial charge in [0.05, 0.1) is 0 Å². The summed E-state index contributed by atoms with van der Waals surface area (Å²) in [5.41, 5.74) is -0.0523. The highest BCUT2D eigenvalue weighted by atomic mass is 35.5. The minimum Gasteiger partial charge on any atom is -0.353 e. The van der Waals surface area contributed by atoms with Gasteiger partial charge >= 0.3 is 0 Å². The van der Waals surface area contributed by atoms with Gasteiger partial charge in [-0.2, -0.15) is 0 Å². The summed E-state index contributed by atoms with van der Waals surface area (Å²) in [7, 11) is 0. The fourth-order valence-corrected chi connectivity index (χ4v) is 5.35.